The van der Waals surface area contributed by atoms with Crippen molar-refractivity contribution in [1.29, 1.82) is 0 Å². The fraction of sp³-hybridized carbons (Fsp3) is 0.556. The fourth-order valence-electron chi connectivity index (χ4n) is 3.21. The summed E-state index contributed by atoms with van der Waals surface area (Å²) in [4.78, 5) is 22.1. The van der Waals surface area contributed by atoms with Gasteiger partial charge in [-0.3, -0.25) is 4.79 Å². The van der Waals surface area contributed by atoms with Crippen molar-refractivity contribution in [3.05, 3.63) is 30.1 Å². The lowest BCUT2D eigenvalue weighted by molar-refractivity contribution is -0.147. The molecule has 5 heteroatoms. The van der Waals surface area contributed by atoms with Gasteiger partial charge in [0.2, 0.25) is 0 Å². The van der Waals surface area contributed by atoms with Crippen LogP contribution in [0.5, 0.6) is 0 Å². The summed E-state index contributed by atoms with van der Waals surface area (Å²) in [6.45, 7) is 2.48. The molecule has 0 radical (unpaired) electrons. The second kappa shape index (κ2) is 7.13. The van der Waals surface area contributed by atoms with Gasteiger partial charge in [-0.05, 0) is 31.4 Å². The molecule has 23 heavy (non-hydrogen) atoms. The van der Waals surface area contributed by atoms with Crippen molar-refractivity contribution in [1.82, 2.24) is 14.9 Å². The van der Waals surface area contributed by atoms with E-state index < -0.39 is 0 Å². The Morgan fingerprint density at radius 3 is 2.83 bits per heavy atom. The molecule has 124 valence electrons. The van der Waals surface area contributed by atoms with Crippen molar-refractivity contribution in [3.8, 4) is 0 Å². The fourth-order valence-corrected chi connectivity index (χ4v) is 3.21. The van der Waals surface area contributed by atoms with Crippen LogP contribution in [0.1, 0.15) is 44.9 Å². The number of hydrogen-bond donors (Lipinski definition) is 1. The van der Waals surface area contributed by atoms with E-state index >= 15 is 0 Å². The molecule has 2 aromatic rings. The number of likely N-dealkylation sites (N-methyl/N-ethyl adjacent to an activating group) is 1. The maximum atomic E-state index is 12.6. The lowest BCUT2D eigenvalue weighted by atomic mass is 10.2. The molecule has 1 atom stereocenters. The molecule has 1 fully saturated rings. The minimum absolute atomic E-state index is 0.0415. The van der Waals surface area contributed by atoms with E-state index in [4.69, 9.17) is 4.74 Å². The van der Waals surface area contributed by atoms with Crippen molar-refractivity contribution in [2.24, 2.45) is 0 Å². The van der Waals surface area contributed by atoms with Gasteiger partial charge in [0.15, 0.2) is 0 Å². The summed E-state index contributed by atoms with van der Waals surface area (Å²) in [5.74, 6) is 0.845. The predicted octanol–water partition coefficient (Wildman–Crippen LogP) is 3.26. The van der Waals surface area contributed by atoms with Crippen LogP contribution >= 0.6 is 0 Å². The molecule has 1 amide bonds. The summed E-state index contributed by atoms with van der Waals surface area (Å²) in [7, 11) is 1.82. The molecule has 1 aromatic carbocycles. The zero-order valence-electron chi connectivity index (χ0n) is 13.9. The zero-order valence-corrected chi connectivity index (χ0v) is 13.9. The number of ether oxygens (including phenoxy) is 1. The monoisotopic (exact) mass is 315 g/mol. The number of carbonyl (C=O) groups is 1. The van der Waals surface area contributed by atoms with Crippen molar-refractivity contribution in [2.75, 3.05) is 7.05 Å². The quantitative estimate of drug-likeness (QED) is 0.890. The van der Waals surface area contributed by atoms with Gasteiger partial charge in [0.25, 0.3) is 5.91 Å². The largest absolute Gasteiger partial charge is 0.365 e. The van der Waals surface area contributed by atoms with Crippen LogP contribution in [0.3, 0.4) is 0 Å². The van der Waals surface area contributed by atoms with Crippen molar-refractivity contribution >= 4 is 16.9 Å². The van der Waals surface area contributed by atoms with E-state index in [0.29, 0.717) is 13.0 Å². The minimum atomic E-state index is -0.340. The average molecular weight is 315 g/mol. The van der Waals surface area contributed by atoms with E-state index in [2.05, 4.69) is 9.97 Å². The molecular formula is C18H25N3O2. The Bertz CT molecular complexity index is 628. The Labute approximate surface area is 137 Å². The smallest absolute Gasteiger partial charge is 0.251 e. The molecular weight excluding hydrogens is 290 g/mol. The van der Waals surface area contributed by atoms with E-state index in [0.717, 1.165) is 29.7 Å². The van der Waals surface area contributed by atoms with Crippen LogP contribution < -0.4 is 0 Å². The summed E-state index contributed by atoms with van der Waals surface area (Å²) in [5, 5.41) is 0. The first-order chi connectivity index (χ1) is 11.2. The normalized spacial score (nSPS) is 16.8. The topological polar surface area (TPSA) is 58.2 Å². The number of amides is 1. The van der Waals surface area contributed by atoms with E-state index in [9.17, 15) is 4.79 Å². The van der Waals surface area contributed by atoms with Gasteiger partial charge in [-0.1, -0.05) is 31.9 Å². The Morgan fingerprint density at radius 2 is 2.13 bits per heavy atom. The third-order valence-electron chi connectivity index (χ3n) is 4.51. The molecule has 0 saturated heterocycles. The molecule has 3 rings (SSSR count). The maximum absolute atomic E-state index is 12.6. The highest BCUT2D eigenvalue weighted by atomic mass is 16.5. The lowest BCUT2D eigenvalue weighted by Gasteiger charge is -2.25. The number of rotatable bonds is 6. The summed E-state index contributed by atoms with van der Waals surface area (Å²) in [6, 6.07) is 7.90. The predicted molar refractivity (Wildman–Crippen MR) is 90.0 cm³/mol. The number of benzene rings is 1. The van der Waals surface area contributed by atoms with Crippen LogP contribution in [-0.2, 0) is 16.1 Å². The number of nitrogens with one attached hydrogen (secondary N) is 1. The van der Waals surface area contributed by atoms with Gasteiger partial charge < -0.3 is 14.6 Å². The van der Waals surface area contributed by atoms with Crippen molar-refractivity contribution in [2.45, 2.75) is 57.8 Å². The van der Waals surface area contributed by atoms with Crippen molar-refractivity contribution < 1.29 is 9.53 Å². The van der Waals surface area contributed by atoms with Gasteiger partial charge in [0.1, 0.15) is 11.9 Å². The molecule has 1 N–H and O–H groups in total. The van der Waals surface area contributed by atoms with Crippen LogP contribution in [0.4, 0.5) is 0 Å². The molecule has 1 saturated carbocycles. The van der Waals surface area contributed by atoms with Crippen molar-refractivity contribution in [3.63, 3.8) is 0 Å². The highest BCUT2D eigenvalue weighted by Gasteiger charge is 2.26. The molecule has 0 bridgehead atoms. The van der Waals surface area contributed by atoms with Gasteiger partial charge in [-0.2, -0.15) is 0 Å². The molecule has 5 nitrogen and oxygen atoms in total. The van der Waals surface area contributed by atoms with E-state index in [1.165, 1.54) is 12.8 Å². The van der Waals surface area contributed by atoms with E-state index in [1.807, 2.05) is 38.2 Å². The van der Waals surface area contributed by atoms with Gasteiger partial charge in [0.05, 0.1) is 23.7 Å². The Balaban J connectivity index is 1.63. The van der Waals surface area contributed by atoms with Crippen LogP contribution in [0.25, 0.3) is 11.0 Å². The second-order valence-electron chi connectivity index (χ2n) is 6.33. The number of para-hydroxylation sites is 2. The molecule has 1 unspecified atom stereocenters. The standard InChI is InChI=1S/C18H25N3O2/c1-3-16(23-13-8-4-5-9-13)18(22)21(2)12-17-19-14-10-6-7-11-15(14)20-17/h6-7,10-11,13,16H,3-5,8-9,12H2,1-2H3,(H,19,20). The number of aromatic amines is 1. The first kappa shape index (κ1) is 16.0. The second-order valence-corrected chi connectivity index (χ2v) is 6.33. The highest BCUT2D eigenvalue weighted by Crippen LogP contribution is 2.23. The lowest BCUT2D eigenvalue weighted by Crippen LogP contribution is -2.39. The number of hydrogen-bond acceptors (Lipinski definition) is 3. The van der Waals surface area contributed by atoms with Crippen LogP contribution in [-0.4, -0.2) is 40.0 Å². The maximum Gasteiger partial charge on any atom is 0.251 e. The number of imidazole rings is 1. The van der Waals surface area contributed by atoms with E-state index in [-0.39, 0.29) is 18.1 Å². The number of aromatic nitrogens is 2. The van der Waals surface area contributed by atoms with Gasteiger partial charge in [0, 0.05) is 7.05 Å². The third-order valence-corrected chi connectivity index (χ3v) is 4.51. The first-order valence-electron chi connectivity index (χ1n) is 8.51. The van der Waals surface area contributed by atoms with E-state index in [1.54, 1.807) is 4.90 Å². The molecule has 1 aromatic heterocycles. The summed E-state index contributed by atoms with van der Waals surface area (Å²) >= 11 is 0. The van der Waals surface area contributed by atoms with Crippen LogP contribution in [0.2, 0.25) is 0 Å². The number of fused-ring (bicyclic) bond motifs is 1. The highest BCUT2D eigenvalue weighted by molar-refractivity contribution is 5.81. The Hall–Kier alpha value is -1.88. The first-order valence-corrected chi connectivity index (χ1v) is 8.51. The third kappa shape index (κ3) is 3.72. The number of nitrogens with zero attached hydrogens (tertiary/aromatic N) is 2. The number of H-pyrrole nitrogens is 1. The molecule has 1 aliphatic rings. The Kier molecular flexibility index (Phi) is 4.96. The number of carbonyl (C=O) groups excluding carboxylic acids is 1. The summed E-state index contributed by atoms with van der Waals surface area (Å²) in [5.41, 5.74) is 1.93. The molecule has 1 heterocycles. The van der Waals surface area contributed by atoms with Gasteiger partial charge in [-0.15, -0.1) is 0 Å². The minimum Gasteiger partial charge on any atom is -0.365 e. The van der Waals surface area contributed by atoms with Crippen LogP contribution in [0, 0.1) is 0 Å². The summed E-state index contributed by atoms with van der Waals surface area (Å²) < 4.78 is 6.02. The molecule has 0 aliphatic heterocycles. The van der Waals surface area contributed by atoms with Crippen LogP contribution in [0.15, 0.2) is 24.3 Å². The Morgan fingerprint density at radius 1 is 1.39 bits per heavy atom. The SMILES string of the molecule is CCC(OC1CCCC1)C(=O)N(C)Cc1nc2ccccc2[nH]1. The van der Waals surface area contributed by atoms with Gasteiger partial charge >= 0.3 is 0 Å². The zero-order chi connectivity index (χ0) is 16.2. The molecule has 0 spiro atoms. The van der Waals surface area contributed by atoms with Gasteiger partial charge in [-0.25, -0.2) is 4.98 Å². The summed E-state index contributed by atoms with van der Waals surface area (Å²) in [6.07, 6.45) is 5.21. The molecule has 1 aliphatic carbocycles. The average Bonchev–Trinajstić information content (AvgIpc) is 3.20.